The number of thioether (sulfide) groups is 1. The van der Waals surface area contributed by atoms with Gasteiger partial charge in [-0.1, -0.05) is 18.2 Å². The Morgan fingerprint density at radius 3 is 2.75 bits per heavy atom. The van der Waals surface area contributed by atoms with Crippen LogP contribution in [0.4, 0.5) is 10.5 Å². The minimum absolute atomic E-state index is 0.235. The van der Waals surface area contributed by atoms with Gasteiger partial charge in [0, 0.05) is 11.8 Å². The van der Waals surface area contributed by atoms with Crippen molar-refractivity contribution in [1.82, 2.24) is 4.90 Å². The van der Waals surface area contributed by atoms with E-state index in [1.165, 1.54) is 12.3 Å². The number of hydrogen-bond acceptors (Lipinski definition) is 5. The normalized spacial score (nSPS) is 16.0. The van der Waals surface area contributed by atoms with E-state index in [4.69, 9.17) is 4.42 Å². The van der Waals surface area contributed by atoms with Gasteiger partial charge in [-0.3, -0.25) is 19.3 Å². The number of benzene rings is 1. The number of hydrogen-bond donors (Lipinski definition) is 1. The van der Waals surface area contributed by atoms with Gasteiger partial charge in [0.1, 0.15) is 12.3 Å². The van der Waals surface area contributed by atoms with E-state index in [-0.39, 0.29) is 11.4 Å². The lowest BCUT2D eigenvalue weighted by atomic mass is 10.2. The number of carbonyl (C=O) groups excluding carboxylic acids is 3. The van der Waals surface area contributed by atoms with Crippen molar-refractivity contribution in [2.45, 2.75) is 6.92 Å². The quantitative estimate of drug-likeness (QED) is 0.863. The Balaban J connectivity index is 1.69. The topological polar surface area (TPSA) is 79.6 Å². The second-order valence-electron chi connectivity index (χ2n) is 5.15. The van der Waals surface area contributed by atoms with Gasteiger partial charge >= 0.3 is 0 Å². The summed E-state index contributed by atoms with van der Waals surface area (Å²) in [6, 6.07) is 10.7. The zero-order valence-electron chi connectivity index (χ0n) is 12.8. The number of aryl methyl sites for hydroxylation is 1. The van der Waals surface area contributed by atoms with Crippen molar-refractivity contribution in [3.8, 4) is 0 Å². The van der Waals surface area contributed by atoms with Crippen LogP contribution in [0.25, 0.3) is 6.08 Å². The lowest BCUT2D eigenvalue weighted by Crippen LogP contribution is -2.36. The lowest BCUT2D eigenvalue weighted by molar-refractivity contribution is -0.127. The third-order valence-electron chi connectivity index (χ3n) is 3.41. The zero-order valence-corrected chi connectivity index (χ0v) is 13.6. The maximum Gasteiger partial charge on any atom is 0.294 e. The van der Waals surface area contributed by atoms with Gasteiger partial charge in [-0.05, 0) is 42.4 Å². The van der Waals surface area contributed by atoms with Gasteiger partial charge in [0.05, 0.1) is 11.2 Å². The molecule has 0 aliphatic carbocycles. The van der Waals surface area contributed by atoms with Crippen molar-refractivity contribution >= 4 is 40.6 Å². The molecule has 0 bridgehead atoms. The molecule has 1 aromatic heterocycles. The molecule has 1 fully saturated rings. The van der Waals surface area contributed by atoms with Gasteiger partial charge in [-0.2, -0.15) is 0 Å². The minimum atomic E-state index is -0.499. The van der Waals surface area contributed by atoms with Gasteiger partial charge in [-0.15, -0.1) is 0 Å². The van der Waals surface area contributed by atoms with Crippen molar-refractivity contribution < 1.29 is 18.8 Å². The molecule has 122 valence electrons. The molecule has 0 unspecified atom stereocenters. The smallest absolute Gasteiger partial charge is 0.294 e. The van der Waals surface area contributed by atoms with Crippen LogP contribution in [-0.2, 0) is 9.59 Å². The van der Waals surface area contributed by atoms with Crippen LogP contribution in [0, 0.1) is 6.92 Å². The maximum atomic E-state index is 12.3. The summed E-state index contributed by atoms with van der Waals surface area (Å²) in [5, 5.41) is 2.23. The summed E-state index contributed by atoms with van der Waals surface area (Å²) >= 11 is 0.790. The summed E-state index contributed by atoms with van der Waals surface area (Å²) in [6.45, 7) is 1.54. The number of imide groups is 1. The number of para-hydroxylation sites is 1. The summed E-state index contributed by atoms with van der Waals surface area (Å²) in [6.07, 6.45) is 2.97. The van der Waals surface area contributed by atoms with Crippen LogP contribution >= 0.6 is 11.8 Å². The molecule has 3 amide bonds. The number of amides is 3. The monoisotopic (exact) mass is 342 g/mol. The largest absolute Gasteiger partial charge is 0.465 e. The second-order valence-corrected chi connectivity index (χ2v) is 6.14. The summed E-state index contributed by atoms with van der Waals surface area (Å²) < 4.78 is 5.14. The Labute approximate surface area is 142 Å². The molecule has 0 atom stereocenters. The molecule has 0 radical (unpaired) electrons. The number of nitrogens with zero attached hydrogens (tertiary/aromatic N) is 1. The Morgan fingerprint density at radius 2 is 2.04 bits per heavy atom. The first-order valence-corrected chi connectivity index (χ1v) is 8.00. The molecule has 3 rings (SSSR count). The molecule has 2 heterocycles. The van der Waals surface area contributed by atoms with Crippen LogP contribution in [0.3, 0.4) is 0 Å². The molecular formula is C17H14N2O4S. The van der Waals surface area contributed by atoms with Gasteiger partial charge in [-0.25, -0.2) is 0 Å². The van der Waals surface area contributed by atoms with Crippen LogP contribution in [-0.4, -0.2) is 28.5 Å². The average molecular weight is 342 g/mol. The number of furan rings is 1. The molecule has 1 N–H and O–H groups in total. The van der Waals surface area contributed by atoms with E-state index in [0.717, 1.165) is 22.2 Å². The Bertz CT molecular complexity index is 827. The number of rotatable bonds is 4. The second kappa shape index (κ2) is 6.76. The molecule has 7 heteroatoms. The van der Waals surface area contributed by atoms with E-state index in [1.807, 2.05) is 19.1 Å². The predicted octanol–water partition coefficient (Wildman–Crippen LogP) is 3.26. The summed E-state index contributed by atoms with van der Waals surface area (Å²) in [4.78, 5) is 37.6. The van der Waals surface area contributed by atoms with Crippen molar-refractivity contribution in [2.24, 2.45) is 0 Å². The van der Waals surface area contributed by atoms with Crippen molar-refractivity contribution in [1.29, 1.82) is 0 Å². The van der Waals surface area contributed by atoms with Crippen LogP contribution < -0.4 is 5.32 Å². The fourth-order valence-corrected chi connectivity index (χ4v) is 3.00. The van der Waals surface area contributed by atoms with Crippen LogP contribution in [0.5, 0.6) is 0 Å². The highest BCUT2D eigenvalue weighted by Gasteiger charge is 2.36. The summed E-state index contributed by atoms with van der Waals surface area (Å²) in [5.74, 6) is -0.447. The molecule has 2 aromatic rings. The van der Waals surface area contributed by atoms with Crippen LogP contribution in [0.2, 0.25) is 0 Å². The van der Waals surface area contributed by atoms with E-state index in [2.05, 4.69) is 5.32 Å². The van der Waals surface area contributed by atoms with Gasteiger partial charge in [0.2, 0.25) is 5.91 Å². The molecule has 1 aromatic carbocycles. The fraction of sp³-hybridized carbons (Fsp3) is 0.118. The first kappa shape index (κ1) is 16.1. The van der Waals surface area contributed by atoms with E-state index < -0.39 is 17.1 Å². The molecule has 0 spiro atoms. The Morgan fingerprint density at radius 1 is 1.25 bits per heavy atom. The van der Waals surface area contributed by atoms with Crippen molar-refractivity contribution in [3.05, 3.63) is 58.9 Å². The third kappa shape index (κ3) is 3.41. The SMILES string of the molecule is Cc1ccccc1NC(=O)CN1C(=O)S/C(=C\c2ccco2)C1=O. The van der Waals surface area contributed by atoms with E-state index in [9.17, 15) is 14.4 Å². The molecule has 6 nitrogen and oxygen atoms in total. The number of carbonyl (C=O) groups is 3. The van der Waals surface area contributed by atoms with E-state index in [1.54, 1.807) is 24.3 Å². The maximum absolute atomic E-state index is 12.3. The fourth-order valence-electron chi connectivity index (χ4n) is 2.19. The highest BCUT2D eigenvalue weighted by molar-refractivity contribution is 8.18. The highest BCUT2D eigenvalue weighted by Crippen LogP contribution is 2.32. The lowest BCUT2D eigenvalue weighted by Gasteiger charge is -2.13. The Kier molecular flexibility index (Phi) is 4.52. The van der Waals surface area contributed by atoms with Gasteiger partial charge in [0.25, 0.3) is 11.1 Å². The molecule has 0 saturated carbocycles. The first-order chi connectivity index (χ1) is 11.5. The van der Waals surface area contributed by atoms with Gasteiger partial charge in [0.15, 0.2) is 0 Å². The zero-order chi connectivity index (χ0) is 17.1. The molecular weight excluding hydrogens is 328 g/mol. The predicted molar refractivity (Wildman–Crippen MR) is 91.2 cm³/mol. The third-order valence-corrected chi connectivity index (χ3v) is 4.32. The highest BCUT2D eigenvalue weighted by atomic mass is 32.2. The Hall–Kier alpha value is -2.80. The minimum Gasteiger partial charge on any atom is -0.465 e. The molecule has 1 aliphatic heterocycles. The van der Waals surface area contributed by atoms with Gasteiger partial charge < -0.3 is 9.73 Å². The average Bonchev–Trinajstić information content (AvgIpc) is 3.14. The number of nitrogens with one attached hydrogen (secondary N) is 1. The summed E-state index contributed by atoms with van der Waals surface area (Å²) in [5.41, 5.74) is 1.55. The van der Waals surface area contributed by atoms with Crippen LogP contribution in [0.15, 0.2) is 52.0 Å². The molecule has 24 heavy (non-hydrogen) atoms. The molecule has 1 aliphatic rings. The van der Waals surface area contributed by atoms with E-state index in [0.29, 0.717) is 11.4 Å². The number of anilines is 1. The van der Waals surface area contributed by atoms with E-state index >= 15 is 0 Å². The summed E-state index contributed by atoms with van der Waals surface area (Å²) in [7, 11) is 0. The van der Waals surface area contributed by atoms with Crippen LogP contribution in [0.1, 0.15) is 11.3 Å². The van der Waals surface area contributed by atoms with Crippen molar-refractivity contribution in [2.75, 3.05) is 11.9 Å². The van der Waals surface area contributed by atoms with Crippen molar-refractivity contribution in [3.63, 3.8) is 0 Å². The first-order valence-electron chi connectivity index (χ1n) is 7.19. The standard InChI is InChI=1S/C17H14N2O4S/c1-11-5-2-3-7-13(11)18-15(20)10-19-16(21)14(24-17(19)22)9-12-6-4-8-23-12/h2-9H,10H2,1H3,(H,18,20)/b14-9-. The molecule has 1 saturated heterocycles.